The molecule has 0 bridgehead atoms. The number of H-pyrrole nitrogens is 1. The van der Waals surface area contributed by atoms with E-state index < -0.39 is 17.1 Å². The molecule has 5 heteroatoms. The Morgan fingerprint density at radius 1 is 1.21 bits per heavy atom. The lowest BCUT2D eigenvalue weighted by Crippen LogP contribution is -2.05. The van der Waals surface area contributed by atoms with Crippen LogP contribution in [0.1, 0.15) is 0 Å². The first-order valence-corrected chi connectivity index (χ1v) is 3.93. The maximum Gasteiger partial charge on any atom is 0.294 e. The molecule has 0 fully saturated rings. The first-order valence-electron chi connectivity index (χ1n) is 3.93. The molecule has 0 spiro atoms. The molecule has 72 valence electrons. The van der Waals surface area contributed by atoms with Gasteiger partial charge in [-0.3, -0.25) is 4.79 Å². The van der Waals surface area contributed by atoms with Gasteiger partial charge in [0, 0.05) is 11.1 Å². The molecule has 1 aromatic carbocycles. The summed E-state index contributed by atoms with van der Waals surface area (Å²) in [5, 5.41) is 18.9. The third kappa shape index (κ3) is 1.06. The van der Waals surface area contributed by atoms with Crippen LogP contribution in [0.4, 0.5) is 5.69 Å². The molecule has 2 rings (SSSR count). The SMILES string of the molecule is Nc1ccc2c(O)c(O)c(=O)[nH]c2c1. The number of aromatic hydroxyl groups is 2. The second-order valence-corrected chi connectivity index (χ2v) is 2.96. The van der Waals surface area contributed by atoms with Crippen LogP contribution in [0.5, 0.6) is 11.5 Å². The number of nitrogens with one attached hydrogen (secondary N) is 1. The fraction of sp³-hybridized carbons (Fsp3) is 0. The normalized spacial score (nSPS) is 10.6. The van der Waals surface area contributed by atoms with E-state index in [0.717, 1.165) is 0 Å². The van der Waals surface area contributed by atoms with Gasteiger partial charge in [0.15, 0.2) is 5.75 Å². The van der Waals surface area contributed by atoms with Crippen LogP contribution in [0.25, 0.3) is 10.9 Å². The molecule has 0 aliphatic carbocycles. The van der Waals surface area contributed by atoms with Crippen molar-refractivity contribution in [3.63, 3.8) is 0 Å². The molecule has 0 amide bonds. The number of nitrogen functional groups attached to an aromatic ring is 1. The van der Waals surface area contributed by atoms with Crippen LogP contribution < -0.4 is 11.3 Å². The molecule has 2 aromatic rings. The van der Waals surface area contributed by atoms with Gasteiger partial charge in [0.1, 0.15) is 0 Å². The number of anilines is 1. The number of benzene rings is 1. The predicted molar refractivity (Wildman–Crippen MR) is 52.3 cm³/mol. The van der Waals surface area contributed by atoms with Gasteiger partial charge >= 0.3 is 0 Å². The summed E-state index contributed by atoms with van der Waals surface area (Å²) in [6, 6.07) is 4.60. The average molecular weight is 192 g/mol. The van der Waals surface area contributed by atoms with E-state index in [4.69, 9.17) is 10.8 Å². The van der Waals surface area contributed by atoms with Gasteiger partial charge in [-0.15, -0.1) is 0 Å². The van der Waals surface area contributed by atoms with E-state index in [1.807, 2.05) is 0 Å². The summed E-state index contributed by atoms with van der Waals surface area (Å²) < 4.78 is 0. The number of hydrogen-bond acceptors (Lipinski definition) is 4. The third-order valence-electron chi connectivity index (χ3n) is 1.99. The van der Waals surface area contributed by atoms with Crippen LogP contribution in [0, 0.1) is 0 Å². The number of rotatable bonds is 0. The van der Waals surface area contributed by atoms with E-state index in [1.165, 1.54) is 12.1 Å². The quantitative estimate of drug-likeness (QED) is 0.457. The molecule has 0 saturated heterocycles. The summed E-state index contributed by atoms with van der Waals surface area (Å²) >= 11 is 0. The molecule has 0 aliphatic rings. The highest BCUT2D eigenvalue weighted by Gasteiger charge is 2.09. The smallest absolute Gasteiger partial charge is 0.294 e. The van der Waals surface area contributed by atoms with Gasteiger partial charge in [0.2, 0.25) is 5.75 Å². The van der Waals surface area contributed by atoms with Gasteiger partial charge in [-0.25, -0.2) is 0 Å². The molecule has 5 N–H and O–H groups in total. The Labute approximate surface area is 78.4 Å². The molecule has 0 unspecified atom stereocenters. The number of fused-ring (bicyclic) bond motifs is 1. The second kappa shape index (κ2) is 2.66. The minimum Gasteiger partial charge on any atom is -0.504 e. The predicted octanol–water partition coefficient (Wildman–Crippen LogP) is 0.522. The van der Waals surface area contributed by atoms with Crippen LogP contribution in [-0.2, 0) is 0 Å². The maximum absolute atomic E-state index is 11.1. The van der Waals surface area contributed by atoms with Crippen LogP contribution in [0.15, 0.2) is 23.0 Å². The zero-order valence-corrected chi connectivity index (χ0v) is 7.11. The van der Waals surface area contributed by atoms with Crippen molar-refractivity contribution in [1.82, 2.24) is 4.98 Å². The van der Waals surface area contributed by atoms with Crippen molar-refractivity contribution >= 4 is 16.6 Å². The van der Waals surface area contributed by atoms with E-state index in [-0.39, 0.29) is 0 Å². The Kier molecular flexibility index (Phi) is 1.60. The van der Waals surface area contributed by atoms with Gasteiger partial charge in [-0.1, -0.05) is 0 Å². The fourth-order valence-electron chi connectivity index (χ4n) is 1.29. The second-order valence-electron chi connectivity index (χ2n) is 2.96. The molecule has 0 saturated carbocycles. The zero-order valence-electron chi connectivity index (χ0n) is 7.11. The van der Waals surface area contributed by atoms with Crippen LogP contribution in [-0.4, -0.2) is 15.2 Å². The Balaban J connectivity index is 2.98. The summed E-state index contributed by atoms with van der Waals surface area (Å²) in [4.78, 5) is 13.5. The van der Waals surface area contributed by atoms with Crippen LogP contribution in [0.2, 0.25) is 0 Å². The van der Waals surface area contributed by atoms with E-state index in [9.17, 15) is 9.90 Å². The highest BCUT2D eigenvalue weighted by molar-refractivity contribution is 5.88. The van der Waals surface area contributed by atoms with E-state index in [0.29, 0.717) is 16.6 Å². The molecule has 0 atom stereocenters. The molecule has 14 heavy (non-hydrogen) atoms. The molecule has 5 nitrogen and oxygen atoms in total. The summed E-state index contributed by atoms with van der Waals surface area (Å²) in [5.74, 6) is -1.11. The van der Waals surface area contributed by atoms with Gasteiger partial charge in [-0.05, 0) is 18.2 Å². The van der Waals surface area contributed by atoms with Gasteiger partial charge in [-0.2, -0.15) is 0 Å². The summed E-state index contributed by atoms with van der Waals surface area (Å²) in [6.45, 7) is 0. The van der Waals surface area contributed by atoms with Crippen molar-refractivity contribution in [2.24, 2.45) is 0 Å². The van der Waals surface area contributed by atoms with Crippen molar-refractivity contribution in [2.45, 2.75) is 0 Å². The van der Waals surface area contributed by atoms with Crippen molar-refractivity contribution in [3.8, 4) is 11.5 Å². The van der Waals surface area contributed by atoms with Crippen molar-refractivity contribution in [1.29, 1.82) is 0 Å². The lowest BCUT2D eigenvalue weighted by Gasteiger charge is -2.03. The first kappa shape index (κ1) is 8.43. The van der Waals surface area contributed by atoms with Gasteiger partial charge in [0.25, 0.3) is 5.56 Å². The van der Waals surface area contributed by atoms with E-state index in [1.54, 1.807) is 6.07 Å². The van der Waals surface area contributed by atoms with E-state index >= 15 is 0 Å². The van der Waals surface area contributed by atoms with E-state index in [2.05, 4.69) is 4.98 Å². The van der Waals surface area contributed by atoms with Crippen molar-refractivity contribution in [3.05, 3.63) is 28.6 Å². The largest absolute Gasteiger partial charge is 0.504 e. The lowest BCUT2D eigenvalue weighted by atomic mass is 10.2. The standard InChI is InChI=1S/C9H8N2O3/c10-4-1-2-5-6(3-4)11-9(14)8(13)7(5)12/h1-3,13H,10H2,(H2,11,12,14). The number of aromatic amines is 1. The minimum atomic E-state index is -0.736. The Hall–Kier alpha value is -2.17. The van der Waals surface area contributed by atoms with Gasteiger partial charge in [0.05, 0.1) is 5.52 Å². The van der Waals surface area contributed by atoms with Crippen molar-refractivity contribution in [2.75, 3.05) is 5.73 Å². The number of pyridine rings is 1. The zero-order chi connectivity index (χ0) is 10.3. The summed E-state index contributed by atoms with van der Waals surface area (Å²) in [6.07, 6.45) is 0. The molecular weight excluding hydrogens is 184 g/mol. The third-order valence-corrected chi connectivity index (χ3v) is 1.99. The van der Waals surface area contributed by atoms with Gasteiger partial charge < -0.3 is 20.9 Å². The minimum absolute atomic E-state index is 0.358. The molecule has 1 heterocycles. The highest BCUT2D eigenvalue weighted by atomic mass is 16.3. The Morgan fingerprint density at radius 2 is 1.93 bits per heavy atom. The Morgan fingerprint density at radius 3 is 2.64 bits per heavy atom. The monoisotopic (exact) mass is 192 g/mol. The highest BCUT2D eigenvalue weighted by Crippen LogP contribution is 2.29. The topological polar surface area (TPSA) is 99.3 Å². The molecule has 0 radical (unpaired) electrons. The Bertz CT molecular complexity index is 560. The molecule has 0 aliphatic heterocycles. The number of hydrogen-bond donors (Lipinski definition) is 4. The van der Waals surface area contributed by atoms with Crippen LogP contribution in [0.3, 0.4) is 0 Å². The van der Waals surface area contributed by atoms with Crippen LogP contribution >= 0.6 is 0 Å². The lowest BCUT2D eigenvalue weighted by molar-refractivity contribution is 0.402. The fourth-order valence-corrected chi connectivity index (χ4v) is 1.29. The summed E-state index contributed by atoms with van der Waals surface area (Å²) in [5.41, 5.74) is 5.62. The maximum atomic E-state index is 11.1. The summed E-state index contributed by atoms with van der Waals surface area (Å²) in [7, 11) is 0. The first-order chi connectivity index (χ1) is 6.59. The average Bonchev–Trinajstić information content (AvgIpc) is 2.14. The number of aromatic nitrogens is 1. The van der Waals surface area contributed by atoms with Crippen molar-refractivity contribution < 1.29 is 10.2 Å². The molecule has 1 aromatic heterocycles. The molecular formula is C9H8N2O3. The number of nitrogens with two attached hydrogens (primary N) is 1.